The number of halogens is 1. The van der Waals surface area contributed by atoms with E-state index in [-0.39, 0.29) is 29.7 Å². The number of imide groups is 1. The van der Waals surface area contributed by atoms with Crippen LogP contribution in [0.4, 0.5) is 4.79 Å². The minimum Gasteiger partial charge on any atom is -0.378 e. The third kappa shape index (κ3) is 5.27. The van der Waals surface area contributed by atoms with E-state index in [1.165, 1.54) is 0 Å². The molecule has 0 N–H and O–H groups in total. The number of ketones is 1. The van der Waals surface area contributed by atoms with Crippen LogP contribution in [0.2, 0.25) is 5.02 Å². The highest BCUT2D eigenvalue weighted by Crippen LogP contribution is 2.35. The first-order chi connectivity index (χ1) is 18.4. The number of Topliss-reactive ketones (excluding diaryl/α,β-unsaturated/α-hetero) is 1. The second-order valence-electron chi connectivity index (χ2n) is 9.07. The fourth-order valence-corrected chi connectivity index (χ4v) is 5.65. The molecule has 38 heavy (non-hydrogen) atoms. The fraction of sp³-hybridized carbons (Fsp3) is 0.286. The minimum atomic E-state index is -0.515. The highest BCUT2D eigenvalue weighted by atomic mass is 35.5. The summed E-state index contributed by atoms with van der Waals surface area (Å²) in [5, 5.41) is 0.889. The van der Waals surface area contributed by atoms with Gasteiger partial charge in [-0.05, 0) is 54.1 Å². The third-order valence-corrected chi connectivity index (χ3v) is 7.85. The standard InChI is InChI=1S/C28H26ClN3O5S/c1-2-18-4-3-5-22-20(15-31(26(18)22)17-25(34)30-10-12-37-13-11-30)14-24-27(35)32(28(36)38-24)16-23(33)19-6-8-21(29)9-7-19/h3-9,14-15H,2,10-13,16-17H2,1H3/b24-14-. The number of hydrogen-bond donors (Lipinski definition) is 0. The predicted molar refractivity (Wildman–Crippen MR) is 147 cm³/mol. The topological polar surface area (TPSA) is 88.9 Å². The first-order valence-corrected chi connectivity index (χ1v) is 13.6. The molecule has 10 heteroatoms. The number of thioether (sulfide) groups is 1. The van der Waals surface area contributed by atoms with Crippen molar-refractivity contribution in [1.29, 1.82) is 0 Å². The number of aromatic nitrogens is 1. The number of fused-ring (bicyclic) bond motifs is 1. The van der Waals surface area contributed by atoms with E-state index >= 15 is 0 Å². The Kier molecular flexibility index (Phi) is 7.69. The Morgan fingerprint density at radius 2 is 1.79 bits per heavy atom. The van der Waals surface area contributed by atoms with Gasteiger partial charge in [0.25, 0.3) is 11.1 Å². The summed E-state index contributed by atoms with van der Waals surface area (Å²) in [7, 11) is 0. The molecule has 0 radical (unpaired) electrons. The molecule has 0 spiro atoms. The Morgan fingerprint density at radius 1 is 1.05 bits per heavy atom. The molecule has 3 heterocycles. The van der Waals surface area contributed by atoms with Crippen LogP contribution < -0.4 is 0 Å². The second-order valence-corrected chi connectivity index (χ2v) is 10.5. The van der Waals surface area contributed by atoms with Crippen LogP contribution in [-0.4, -0.2) is 70.1 Å². The van der Waals surface area contributed by atoms with Crippen LogP contribution in [-0.2, 0) is 27.3 Å². The number of benzene rings is 2. The lowest BCUT2D eigenvalue weighted by atomic mass is 10.1. The summed E-state index contributed by atoms with van der Waals surface area (Å²) in [6.07, 6.45) is 4.31. The van der Waals surface area contributed by atoms with Gasteiger partial charge in [-0.1, -0.05) is 36.7 Å². The molecule has 5 rings (SSSR count). The maximum absolute atomic E-state index is 13.2. The van der Waals surface area contributed by atoms with E-state index in [1.807, 2.05) is 29.0 Å². The first-order valence-electron chi connectivity index (χ1n) is 12.4. The monoisotopic (exact) mass is 551 g/mol. The Labute approximate surface area is 229 Å². The van der Waals surface area contributed by atoms with Crippen molar-refractivity contribution in [3.63, 3.8) is 0 Å². The number of morpholine rings is 1. The van der Waals surface area contributed by atoms with Crippen LogP contribution in [0.1, 0.15) is 28.4 Å². The maximum Gasteiger partial charge on any atom is 0.293 e. The number of hydrogen-bond acceptors (Lipinski definition) is 6. The molecule has 0 bridgehead atoms. The number of para-hydroxylation sites is 1. The van der Waals surface area contributed by atoms with E-state index in [1.54, 1.807) is 35.2 Å². The summed E-state index contributed by atoms with van der Waals surface area (Å²) < 4.78 is 7.29. The van der Waals surface area contributed by atoms with Gasteiger partial charge >= 0.3 is 0 Å². The predicted octanol–water partition coefficient (Wildman–Crippen LogP) is 4.64. The van der Waals surface area contributed by atoms with Gasteiger partial charge in [0.1, 0.15) is 6.54 Å². The number of amides is 3. The normalized spacial score (nSPS) is 17.2. The quantitative estimate of drug-likeness (QED) is 0.314. The van der Waals surface area contributed by atoms with Crippen LogP contribution in [0.15, 0.2) is 53.6 Å². The van der Waals surface area contributed by atoms with E-state index in [2.05, 4.69) is 6.92 Å². The zero-order valence-electron chi connectivity index (χ0n) is 20.8. The molecule has 3 aromatic rings. The number of carbonyl (C=O) groups is 4. The molecule has 2 saturated heterocycles. The van der Waals surface area contributed by atoms with Crippen molar-refractivity contribution < 1.29 is 23.9 Å². The van der Waals surface area contributed by atoms with Gasteiger partial charge in [-0.3, -0.25) is 24.1 Å². The molecular formula is C28H26ClN3O5S. The van der Waals surface area contributed by atoms with Gasteiger partial charge in [0.2, 0.25) is 5.91 Å². The molecule has 2 fully saturated rings. The zero-order chi connectivity index (χ0) is 26.8. The Balaban J connectivity index is 1.42. The van der Waals surface area contributed by atoms with Crippen LogP contribution in [0.3, 0.4) is 0 Å². The first kappa shape index (κ1) is 26.2. The number of carbonyl (C=O) groups excluding carboxylic acids is 4. The van der Waals surface area contributed by atoms with Crippen molar-refractivity contribution in [3.05, 3.63) is 75.3 Å². The van der Waals surface area contributed by atoms with Crippen molar-refractivity contribution in [3.8, 4) is 0 Å². The SMILES string of the molecule is CCc1cccc2c(/C=C3\SC(=O)N(CC(=O)c4ccc(Cl)cc4)C3=O)cn(CC(=O)N3CCOCC3)c12. The van der Waals surface area contributed by atoms with E-state index in [0.717, 1.165) is 45.1 Å². The number of nitrogens with zero attached hydrogens (tertiary/aromatic N) is 3. The van der Waals surface area contributed by atoms with Crippen LogP contribution in [0.5, 0.6) is 0 Å². The van der Waals surface area contributed by atoms with E-state index < -0.39 is 11.1 Å². The highest BCUT2D eigenvalue weighted by molar-refractivity contribution is 8.18. The van der Waals surface area contributed by atoms with Crippen molar-refractivity contribution in [2.45, 2.75) is 19.9 Å². The lowest BCUT2D eigenvalue weighted by Crippen LogP contribution is -2.42. The largest absolute Gasteiger partial charge is 0.378 e. The third-order valence-electron chi connectivity index (χ3n) is 6.69. The Hall–Kier alpha value is -3.40. The van der Waals surface area contributed by atoms with Crippen LogP contribution in [0, 0.1) is 0 Å². The average molecular weight is 552 g/mol. The average Bonchev–Trinajstić information content (AvgIpc) is 3.41. The molecule has 0 saturated carbocycles. The molecule has 1 aromatic heterocycles. The van der Waals surface area contributed by atoms with Crippen LogP contribution in [0.25, 0.3) is 17.0 Å². The Bertz CT molecular complexity index is 1460. The molecule has 8 nitrogen and oxygen atoms in total. The van der Waals surface area contributed by atoms with Gasteiger partial charge < -0.3 is 14.2 Å². The van der Waals surface area contributed by atoms with Gasteiger partial charge in [0.05, 0.1) is 30.2 Å². The minimum absolute atomic E-state index is 0.00342. The molecule has 196 valence electrons. The summed E-state index contributed by atoms with van der Waals surface area (Å²) in [4.78, 5) is 54.5. The van der Waals surface area contributed by atoms with Crippen molar-refractivity contribution in [1.82, 2.24) is 14.4 Å². The number of aryl methyl sites for hydroxylation is 1. The summed E-state index contributed by atoms with van der Waals surface area (Å²) in [5.41, 5.74) is 3.12. The maximum atomic E-state index is 13.2. The van der Waals surface area contributed by atoms with Crippen molar-refractivity contribution in [2.24, 2.45) is 0 Å². The zero-order valence-corrected chi connectivity index (χ0v) is 22.4. The molecular weight excluding hydrogens is 526 g/mol. The summed E-state index contributed by atoms with van der Waals surface area (Å²) in [6.45, 7) is 4.05. The van der Waals surface area contributed by atoms with Crippen molar-refractivity contribution >= 4 is 63.2 Å². The van der Waals surface area contributed by atoms with E-state index in [4.69, 9.17) is 16.3 Å². The molecule has 2 aliphatic rings. The van der Waals surface area contributed by atoms with Crippen LogP contribution >= 0.6 is 23.4 Å². The fourth-order valence-electron chi connectivity index (χ4n) is 4.70. The number of ether oxygens (including phenoxy) is 1. The smallest absolute Gasteiger partial charge is 0.293 e. The summed E-state index contributed by atoms with van der Waals surface area (Å²) in [5.74, 6) is -0.862. The molecule has 0 atom stereocenters. The lowest BCUT2D eigenvalue weighted by Gasteiger charge is -2.27. The molecule has 2 aromatic carbocycles. The number of rotatable bonds is 7. The Morgan fingerprint density at radius 3 is 2.50 bits per heavy atom. The van der Waals surface area contributed by atoms with Gasteiger partial charge in [0, 0.05) is 40.8 Å². The molecule has 3 amide bonds. The molecule has 2 aliphatic heterocycles. The van der Waals surface area contributed by atoms with E-state index in [9.17, 15) is 19.2 Å². The van der Waals surface area contributed by atoms with Gasteiger partial charge in [-0.15, -0.1) is 0 Å². The van der Waals surface area contributed by atoms with Gasteiger partial charge in [0.15, 0.2) is 5.78 Å². The van der Waals surface area contributed by atoms with E-state index in [0.29, 0.717) is 36.9 Å². The molecule has 0 unspecified atom stereocenters. The highest BCUT2D eigenvalue weighted by Gasteiger charge is 2.36. The van der Waals surface area contributed by atoms with Crippen molar-refractivity contribution in [2.75, 3.05) is 32.8 Å². The molecule has 0 aliphatic carbocycles. The van der Waals surface area contributed by atoms with Gasteiger partial charge in [-0.25, -0.2) is 0 Å². The summed E-state index contributed by atoms with van der Waals surface area (Å²) >= 11 is 6.70. The summed E-state index contributed by atoms with van der Waals surface area (Å²) in [6, 6.07) is 12.2. The second kappa shape index (κ2) is 11.1. The lowest BCUT2D eigenvalue weighted by molar-refractivity contribution is -0.135. The van der Waals surface area contributed by atoms with Gasteiger partial charge in [-0.2, -0.15) is 0 Å².